The molecule has 4 aromatic rings. The van der Waals surface area contributed by atoms with Crippen LogP contribution in [0.3, 0.4) is 0 Å². The Bertz CT molecular complexity index is 1250. The van der Waals surface area contributed by atoms with Crippen LogP contribution >= 0.6 is 11.8 Å². The first-order valence-corrected chi connectivity index (χ1v) is 10.9. The van der Waals surface area contributed by atoms with Crippen molar-refractivity contribution in [3.8, 4) is 0 Å². The number of anilines is 1. The first-order chi connectivity index (χ1) is 15.2. The van der Waals surface area contributed by atoms with Gasteiger partial charge in [-0.2, -0.15) is 0 Å². The molecule has 0 saturated heterocycles. The van der Waals surface area contributed by atoms with Crippen LogP contribution in [0, 0.1) is 0 Å². The Balaban J connectivity index is 1.38. The zero-order chi connectivity index (χ0) is 21.2. The summed E-state index contributed by atoms with van der Waals surface area (Å²) in [6.45, 7) is 0. The standard InChI is InChI=1S/C24H20N4O2S/c29-22(13-21-24(30)27-18-8-4-5-9-20(18)31-21)28-23(15-6-2-1-3-7-15)16-10-11-17-19(12-16)26-14-25-17/h1-12,14,21,23H,13H2,(H,25,26)(H,27,30)(H,28,29)/t21-,23-/m1/s1. The van der Waals surface area contributed by atoms with Crippen molar-refractivity contribution in [3.63, 3.8) is 0 Å². The minimum atomic E-state index is -0.471. The van der Waals surface area contributed by atoms with E-state index in [0.29, 0.717) is 0 Å². The molecule has 0 spiro atoms. The summed E-state index contributed by atoms with van der Waals surface area (Å²) in [7, 11) is 0. The average molecular weight is 429 g/mol. The molecule has 7 heteroatoms. The second kappa shape index (κ2) is 8.28. The average Bonchev–Trinajstić information content (AvgIpc) is 3.26. The summed E-state index contributed by atoms with van der Waals surface area (Å²) in [6.07, 6.45) is 1.75. The summed E-state index contributed by atoms with van der Waals surface area (Å²) in [5.74, 6) is -0.320. The molecule has 154 valence electrons. The smallest absolute Gasteiger partial charge is 0.238 e. The number of amides is 2. The van der Waals surface area contributed by atoms with E-state index in [2.05, 4.69) is 20.6 Å². The number of hydrogen-bond donors (Lipinski definition) is 3. The van der Waals surface area contributed by atoms with E-state index >= 15 is 0 Å². The summed E-state index contributed by atoms with van der Waals surface area (Å²) < 4.78 is 0. The molecule has 0 radical (unpaired) electrons. The summed E-state index contributed by atoms with van der Waals surface area (Å²) in [6, 6.07) is 23.0. The van der Waals surface area contributed by atoms with Gasteiger partial charge in [0.2, 0.25) is 11.8 Å². The van der Waals surface area contributed by atoms with Crippen LogP contribution in [0.4, 0.5) is 5.69 Å². The van der Waals surface area contributed by atoms with Gasteiger partial charge in [0.05, 0.1) is 34.3 Å². The van der Waals surface area contributed by atoms with E-state index in [1.54, 1.807) is 6.33 Å². The largest absolute Gasteiger partial charge is 0.345 e. The van der Waals surface area contributed by atoms with Crippen LogP contribution in [0.15, 0.2) is 84.0 Å². The summed E-state index contributed by atoms with van der Waals surface area (Å²) in [5.41, 5.74) is 4.50. The highest BCUT2D eigenvalue weighted by molar-refractivity contribution is 8.01. The van der Waals surface area contributed by atoms with Crippen molar-refractivity contribution >= 4 is 40.3 Å². The van der Waals surface area contributed by atoms with Crippen molar-refractivity contribution in [2.45, 2.75) is 22.6 Å². The van der Waals surface area contributed by atoms with Crippen LogP contribution in [-0.4, -0.2) is 27.0 Å². The Kier molecular flexibility index (Phi) is 5.18. The third kappa shape index (κ3) is 4.04. The van der Waals surface area contributed by atoms with Crippen molar-refractivity contribution in [2.75, 3.05) is 5.32 Å². The van der Waals surface area contributed by atoms with Crippen LogP contribution in [-0.2, 0) is 9.59 Å². The van der Waals surface area contributed by atoms with E-state index in [9.17, 15) is 9.59 Å². The van der Waals surface area contributed by atoms with Crippen molar-refractivity contribution in [1.29, 1.82) is 0 Å². The van der Waals surface area contributed by atoms with Crippen LogP contribution in [0.25, 0.3) is 11.0 Å². The topological polar surface area (TPSA) is 86.9 Å². The van der Waals surface area contributed by atoms with Crippen molar-refractivity contribution in [3.05, 3.63) is 90.3 Å². The molecule has 0 fully saturated rings. The second-order valence-electron chi connectivity index (χ2n) is 7.39. The van der Waals surface area contributed by atoms with Crippen molar-refractivity contribution < 1.29 is 9.59 Å². The number of thioether (sulfide) groups is 1. The first kappa shape index (κ1) is 19.4. The van der Waals surface area contributed by atoms with Gasteiger partial charge in [-0.25, -0.2) is 4.98 Å². The van der Waals surface area contributed by atoms with E-state index in [0.717, 1.165) is 32.7 Å². The molecule has 3 N–H and O–H groups in total. The van der Waals surface area contributed by atoms with Crippen LogP contribution in [0.1, 0.15) is 23.6 Å². The van der Waals surface area contributed by atoms with E-state index in [-0.39, 0.29) is 24.3 Å². The number of carbonyl (C=O) groups is 2. The molecule has 0 aliphatic carbocycles. The van der Waals surface area contributed by atoms with Gasteiger partial charge in [0.1, 0.15) is 0 Å². The molecule has 31 heavy (non-hydrogen) atoms. The zero-order valence-corrected chi connectivity index (χ0v) is 17.4. The molecule has 5 rings (SSSR count). The second-order valence-corrected chi connectivity index (χ2v) is 8.63. The number of benzene rings is 3. The summed E-state index contributed by atoms with van der Waals surface area (Å²) >= 11 is 1.43. The molecule has 2 amide bonds. The molecule has 2 atom stereocenters. The van der Waals surface area contributed by atoms with Gasteiger partial charge < -0.3 is 15.6 Å². The number of H-pyrrole nitrogens is 1. The van der Waals surface area contributed by atoms with Gasteiger partial charge in [0, 0.05) is 11.3 Å². The van der Waals surface area contributed by atoms with E-state index in [4.69, 9.17) is 0 Å². The number of hydrogen-bond acceptors (Lipinski definition) is 4. The Morgan fingerprint density at radius 1 is 1.03 bits per heavy atom. The highest BCUT2D eigenvalue weighted by Crippen LogP contribution is 2.36. The minimum absolute atomic E-state index is 0.0977. The highest BCUT2D eigenvalue weighted by atomic mass is 32.2. The van der Waals surface area contributed by atoms with Crippen molar-refractivity contribution in [1.82, 2.24) is 15.3 Å². The fourth-order valence-corrected chi connectivity index (χ4v) is 4.86. The number of aromatic nitrogens is 2. The van der Waals surface area contributed by atoms with Gasteiger partial charge in [-0.1, -0.05) is 48.5 Å². The molecule has 0 saturated carbocycles. The predicted molar refractivity (Wildman–Crippen MR) is 122 cm³/mol. The van der Waals surface area contributed by atoms with Crippen LogP contribution in [0.5, 0.6) is 0 Å². The Labute approximate surface area is 183 Å². The normalized spacial score (nSPS) is 16.4. The molecule has 1 aliphatic rings. The lowest BCUT2D eigenvalue weighted by Crippen LogP contribution is -2.36. The molecular formula is C24H20N4O2S. The Hall–Kier alpha value is -3.58. The monoisotopic (exact) mass is 428 g/mol. The number of fused-ring (bicyclic) bond motifs is 2. The third-order valence-electron chi connectivity index (χ3n) is 5.29. The molecular weight excluding hydrogens is 408 g/mol. The molecule has 1 aliphatic heterocycles. The number of nitrogens with zero attached hydrogens (tertiary/aromatic N) is 1. The maximum absolute atomic E-state index is 13.0. The minimum Gasteiger partial charge on any atom is -0.345 e. The van der Waals surface area contributed by atoms with E-state index < -0.39 is 5.25 Å². The third-order valence-corrected chi connectivity index (χ3v) is 6.57. The number of imidazole rings is 1. The molecule has 6 nitrogen and oxygen atoms in total. The number of nitrogens with one attached hydrogen (secondary N) is 3. The summed E-state index contributed by atoms with van der Waals surface area (Å²) in [5, 5.41) is 5.56. The number of rotatable bonds is 5. The van der Waals surface area contributed by atoms with Gasteiger partial charge in [-0.3, -0.25) is 9.59 Å². The molecule has 2 heterocycles. The van der Waals surface area contributed by atoms with Gasteiger partial charge in [0.25, 0.3) is 0 Å². The maximum Gasteiger partial charge on any atom is 0.238 e. The Morgan fingerprint density at radius 3 is 2.71 bits per heavy atom. The number of para-hydroxylation sites is 1. The summed E-state index contributed by atoms with van der Waals surface area (Å²) in [4.78, 5) is 33.9. The zero-order valence-electron chi connectivity index (χ0n) is 16.5. The number of aromatic amines is 1. The SMILES string of the molecule is O=C(C[C@H]1Sc2ccccc2NC1=O)N[C@H](c1ccccc1)c1ccc2nc[nH]c2c1. The van der Waals surface area contributed by atoms with Crippen LogP contribution in [0.2, 0.25) is 0 Å². The molecule has 0 unspecified atom stereocenters. The first-order valence-electron chi connectivity index (χ1n) is 10.0. The molecule has 0 bridgehead atoms. The lowest BCUT2D eigenvalue weighted by molar-refractivity contribution is -0.124. The van der Waals surface area contributed by atoms with E-state index in [1.165, 1.54) is 11.8 Å². The fraction of sp³-hybridized carbons (Fsp3) is 0.125. The van der Waals surface area contributed by atoms with E-state index in [1.807, 2.05) is 72.8 Å². The highest BCUT2D eigenvalue weighted by Gasteiger charge is 2.29. The predicted octanol–water partition coefficient (Wildman–Crippen LogP) is 4.27. The van der Waals surface area contributed by atoms with Gasteiger partial charge in [-0.05, 0) is 35.4 Å². The number of carbonyl (C=O) groups excluding carboxylic acids is 2. The van der Waals surface area contributed by atoms with Crippen LogP contribution < -0.4 is 10.6 Å². The maximum atomic E-state index is 13.0. The quantitative estimate of drug-likeness (QED) is 0.443. The van der Waals surface area contributed by atoms with Gasteiger partial charge in [-0.15, -0.1) is 11.8 Å². The van der Waals surface area contributed by atoms with Crippen molar-refractivity contribution in [2.24, 2.45) is 0 Å². The van der Waals surface area contributed by atoms with Gasteiger partial charge >= 0.3 is 0 Å². The molecule has 3 aromatic carbocycles. The Morgan fingerprint density at radius 2 is 1.84 bits per heavy atom. The lowest BCUT2D eigenvalue weighted by atomic mass is 9.98. The molecule has 1 aromatic heterocycles. The lowest BCUT2D eigenvalue weighted by Gasteiger charge is -2.25. The van der Waals surface area contributed by atoms with Gasteiger partial charge in [0.15, 0.2) is 0 Å². The fourth-order valence-electron chi connectivity index (χ4n) is 3.75.